The number of piperidine rings is 1. The lowest BCUT2D eigenvalue weighted by Crippen LogP contribution is -2.33. The van der Waals surface area contributed by atoms with Crippen molar-refractivity contribution in [3.63, 3.8) is 0 Å². The fourth-order valence-electron chi connectivity index (χ4n) is 2.18. The summed E-state index contributed by atoms with van der Waals surface area (Å²) in [5.74, 6) is 0.837. The molecule has 2 rings (SSSR count). The fourth-order valence-corrected chi connectivity index (χ4v) is 2.18. The summed E-state index contributed by atoms with van der Waals surface area (Å²) in [6.07, 6.45) is 2.57. The maximum absolute atomic E-state index is 11.1. The van der Waals surface area contributed by atoms with Crippen LogP contribution in [0.2, 0.25) is 0 Å². The van der Waals surface area contributed by atoms with Gasteiger partial charge in [0.05, 0.1) is 0 Å². The molecule has 3 nitrogen and oxygen atoms in total. The third-order valence-electron chi connectivity index (χ3n) is 3.29. The molecule has 2 N–H and O–H groups in total. The number of rotatable bonds is 4. The van der Waals surface area contributed by atoms with Gasteiger partial charge in [-0.25, -0.2) is 0 Å². The average molecular weight is 232 g/mol. The van der Waals surface area contributed by atoms with Crippen LogP contribution in [0.4, 0.5) is 5.69 Å². The second-order valence-electron chi connectivity index (χ2n) is 4.73. The second kappa shape index (κ2) is 5.82. The van der Waals surface area contributed by atoms with Gasteiger partial charge in [-0.1, -0.05) is 0 Å². The standard InChI is InChI=1S/C14H20N2O/c1-11(17)13-4-6-14(7-5-13)16-10-12-3-2-8-15-9-12/h4-7,12,15-16H,2-3,8-10H2,1H3. The molecule has 1 aromatic rings. The van der Waals surface area contributed by atoms with E-state index in [0.717, 1.165) is 36.8 Å². The van der Waals surface area contributed by atoms with Gasteiger partial charge >= 0.3 is 0 Å². The van der Waals surface area contributed by atoms with Crippen molar-refractivity contribution in [2.24, 2.45) is 5.92 Å². The molecule has 92 valence electrons. The molecule has 0 aromatic heterocycles. The third kappa shape index (κ3) is 3.56. The Morgan fingerprint density at radius 2 is 2.18 bits per heavy atom. The van der Waals surface area contributed by atoms with Crippen LogP contribution in [-0.4, -0.2) is 25.4 Å². The number of carbonyl (C=O) groups excluding carboxylic acids is 1. The Kier molecular flexibility index (Phi) is 4.15. The Hall–Kier alpha value is -1.35. The van der Waals surface area contributed by atoms with Crippen LogP contribution in [-0.2, 0) is 0 Å². The molecule has 17 heavy (non-hydrogen) atoms. The minimum atomic E-state index is 0.119. The highest BCUT2D eigenvalue weighted by Gasteiger charge is 2.12. The highest BCUT2D eigenvalue weighted by molar-refractivity contribution is 5.94. The molecule has 1 aliphatic heterocycles. The summed E-state index contributed by atoms with van der Waals surface area (Å²) < 4.78 is 0. The van der Waals surface area contributed by atoms with E-state index in [4.69, 9.17) is 0 Å². The summed E-state index contributed by atoms with van der Waals surface area (Å²) in [5, 5.41) is 6.84. The van der Waals surface area contributed by atoms with Crippen molar-refractivity contribution < 1.29 is 4.79 Å². The SMILES string of the molecule is CC(=O)c1ccc(NCC2CCCNC2)cc1. The average Bonchev–Trinajstić information content (AvgIpc) is 2.38. The van der Waals surface area contributed by atoms with E-state index < -0.39 is 0 Å². The quantitative estimate of drug-likeness (QED) is 0.783. The van der Waals surface area contributed by atoms with Crippen LogP contribution in [0.3, 0.4) is 0 Å². The van der Waals surface area contributed by atoms with Crippen molar-refractivity contribution in [3.05, 3.63) is 29.8 Å². The number of nitrogens with one attached hydrogen (secondary N) is 2. The Labute approximate surface area is 103 Å². The van der Waals surface area contributed by atoms with E-state index in [-0.39, 0.29) is 5.78 Å². The molecule has 0 bridgehead atoms. The number of anilines is 1. The summed E-state index contributed by atoms with van der Waals surface area (Å²) in [5.41, 5.74) is 1.87. The van der Waals surface area contributed by atoms with E-state index in [0.29, 0.717) is 0 Å². The molecule has 1 atom stereocenters. The summed E-state index contributed by atoms with van der Waals surface area (Å²) >= 11 is 0. The first-order chi connectivity index (χ1) is 8.25. The number of Topliss-reactive ketones (excluding diaryl/α,β-unsaturated/α-hetero) is 1. The Morgan fingerprint density at radius 1 is 1.41 bits per heavy atom. The van der Waals surface area contributed by atoms with Gasteiger partial charge in [0.15, 0.2) is 5.78 Å². The molecule has 0 radical (unpaired) electrons. The lowest BCUT2D eigenvalue weighted by Gasteiger charge is -2.23. The summed E-state index contributed by atoms with van der Waals surface area (Å²) in [7, 11) is 0. The predicted octanol–water partition coefficient (Wildman–Crippen LogP) is 2.30. The zero-order valence-electron chi connectivity index (χ0n) is 10.3. The van der Waals surface area contributed by atoms with E-state index in [1.807, 2.05) is 24.3 Å². The van der Waals surface area contributed by atoms with E-state index in [1.54, 1.807) is 6.92 Å². The normalized spacial score (nSPS) is 19.9. The van der Waals surface area contributed by atoms with Crippen molar-refractivity contribution in [1.29, 1.82) is 0 Å². The van der Waals surface area contributed by atoms with Crippen LogP contribution in [0.5, 0.6) is 0 Å². The maximum atomic E-state index is 11.1. The van der Waals surface area contributed by atoms with Gasteiger partial charge in [-0.15, -0.1) is 0 Å². The van der Waals surface area contributed by atoms with Gasteiger partial charge in [0.1, 0.15) is 0 Å². The first-order valence-electron chi connectivity index (χ1n) is 6.31. The van der Waals surface area contributed by atoms with Crippen molar-refractivity contribution in [2.75, 3.05) is 25.0 Å². The minimum absolute atomic E-state index is 0.119. The van der Waals surface area contributed by atoms with E-state index in [9.17, 15) is 4.79 Å². The highest BCUT2D eigenvalue weighted by Crippen LogP contribution is 2.14. The van der Waals surface area contributed by atoms with Gasteiger partial charge in [-0.2, -0.15) is 0 Å². The van der Waals surface area contributed by atoms with Crippen LogP contribution >= 0.6 is 0 Å². The van der Waals surface area contributed by atoms with Gasteiger partial charge in [0.25, 0.3) is 0 Å². The van der Waals surface area contributed by atoms with E-state index in [2.05, 4.69) is 10.6 Å². The highest BCUT2D eigenvalue weighted by atomic mass is 16.1. The van der Waals surface area contributed by atoms with E-state index in [1.165, 1.54) is 12.8 Å². The number of hydrogen-bond donors (Lipinski definition) is 2. The predicted molar refractivity (Wildman–Crippen MR) is 70.5 cm³/mol. The molecule has 0 saturated carbocycles. The first-order valence-corrected chi connectivity index (χ1v) is 6.31. The Bertz CT molecular complexity index is 366. The lowest BCUT2D eigenvalue weighted by molar-refractivity contribution is 0.101. The van der Waals surface area contributed by atoms with Gasteiger partial charge in [-0.3, -0.25) is 4.79 Å². The molecule has 1 aliphatic rings. The monoisotopic (exact) mass is 232 g/mol. The van der Waals surface area contributed by atoms with Gasteiger partial charge in [-0.05, 0) is 63.0 Å². The Balaban J connectivity index is 1.84. The molecular formula is C14H20N2O. The number of carbonyl (C=O) groups is 1. The number of ketones is 1. The minimum Gasteiger partial charge on any atom is -0.385 e. The number of hydrogen-bond acceptors (Lipinski definition) is 3. The molecule has 0 spiro atoms. The largest absolute Gasteiger partial charge is 0.385 e. The molecule has 0 aliphatic carbocycles. The smallest absolute Gasteiger partial charge is 0.159 e. The van der Waals surface area contributed by atoms with Crippen molar-refractivity contribution in [3.8, 4) is 0 Å². The Morgan fingerprint density at radius 3 is 2.76 bits per heavy atom. The maximum Gasteiger partial charge on any atom is 0.159 e. The molecule has 1 heterocycles. The second-order valence-corrected chi connectivity index (χ2v) is 4.73. The molecule has 3 heteroatoms. The molecule has 0 amide bonds. The summed E-state index contributed by atoms with van der Waals surface area (Å²) in [6, 6.07) is 7.72. The zero-order valence-corrected chi connectivity index (χ0v) is 10.3. The van der Waals surface area contributed by atoms with Gasteiger partial charge in [0.2, 0.25) is 0 Å². The van der Waals surface area contributed by atoms with Crippen LogP contribution < -0.4 is 10.6 Å². The van der Waals surface area contributed by atoms with Crippen LogP contribution in [0.15, 0.2) is 24.3 Å². The van der Waals surface area contributed by atoms with Crippen LogP contribution in [0.1, 0.15) is 30.1 Å². The molecule has 1 fully saturated rings. The van der Waals surface area contributed by atoms with E-state index >= 15 is 0 Å². The van der Waals surface area contributed by atoms with Crippen LogP contribution in [0.25, 0.3) is 0 Å². The molecular weight excluding hydrogens is 212 g/mol. The summed E-state index contributed by atoms with van der Waals surface area (Å²) in [4.78, 5) is 11.1. The van der Waals surface area contributed by atoms with Crippen molar-refractivity contribution >= 4 is 11.5 Å². The van der Waals surface area contributed by atoms with Crippen molar-refractivity contribution in [2.45, 2.75) is 19.8 Å². The molecule has 1 saturated heterocycles. The third-order valence-corrected chi connectivity index (χ3v) is 3.29. The first kappa shape index (κ1) is 12.1. The van der Waals surface area contributed by atoms with Crippen LogP contribution in [0, 0.1) is 5.92 Å². The molecule has 1 unspecified atom stereocenters. The summed E-state index contributed by atoms with van der Waals surface area (Å²) in [6.45, 7) is 4.87. The fraction of sp³-hybridized carbons (Fsp3) is 0.500. The topological polar surface area (TPSA) is 41.1 Å². The lowest BCUT2D eigenvalue weighted by atomic mass is 9.99. The van der Waals surface area contributed by atoms with Crippen molar-refractivity contribution in [1.82, 2.24) is 5.32 Å². The zero-order chi connectivity index (χ0) is 12.1. The van der Waals surface area contributed by atoms with Gasteiger partial charge in [0, 0.05) is 17.8 Å². The molecule has 1 aromatic carbocycles. The number of benzene rings is 1. The van der Waals surface area contributed by atoms with Gasteiger partial charge < -0.3 is 10.6 Å².